The van der Waals surface area contributed by atoms with E-state index in [1.165, 1.54) is 6.08 Å². The fourth-order valence-corrected chi connectivity index (χ4v) is 1.69. The van der Waals surface area contributed by atoms with Gasteiger partial charge in [-0.3, -0.25) is 4.90 Å². The second kappa shape index (κ2) is 5.12. The number of aliphatic hydroxyl groups is 1. The smallest absolute Gasteiger partial charge is 0.328 e. The van der Waals surface area contributed by atoms with Crippen molar-refractivity contribution in [1.29, 1.82) is 0 Å². The van der Waals surface area contributed by atoms with E-state index in [0.29, 0.717) is 6.54 Å². The molecule has 0 saturated carbocycles. The maximum Gasteiger partial charge on any atom is 0.328 e. The first kappa shape index (κ1) is 11.2. The van der Waals surface area contributed by atoms with Crippen LogP contribution in [-0.2, 0) is 4.79 Å². The van der Waals surface area contributed by atoms with Crippen molar-refractivity contribution in [3.8, 4) is 0 Å². The molecule has 0 spiro atoms. The average molecular weight is 199 g/mol. The number of carbonyl (C=O) groups is 1. The third kappa shape index (κ3) is 3.89. The summed E-state index contributed by atoms with van der Waals surface area (Å²) < 4.78 is 0. The van der Waals surface area contributed by atoms with Crippen molar-refractivity contribution >= 4 is 5.97 Å². The number of carboxylic acid groups (broad SMARTS) is 1. The van der Waals surface area contributed by atoms with Gasteiger partial charge >= 0.3 is 5.97 Å². The molecule has 0 aromatic rings. The number of likely N-dealkylation sites (tertiary alicyclic amines) is 1. The van der Waals surface area contributed by atoms with E-state index in [9.17, 15) is 9.90 Å². The molecule has 4 heteroatoms. The number of aliphatic carboxylic acids is 1. The summed E-state index contributed by atoms with van der Waals surface area (Å²) in [6, 6.07) is 0. The van der Waals surface area contributed by atoms with Gasteiger partial charge in [-0.2, -0.15) is 0 Å². The minimum atomic E-state index is -0.889. The predicted octanol–water partition coefficient (Wildman–Crippen LogP) is 0.474. The van der Waals surface area contributed by atoms with Gasteiger partial charge in [0.2, 0.25) is 0 Å². The molecule has 1 rings (SSSR count). The number of hydrogen-bond acceptors (Lipinski definition) is 3. The molecule has 14 heavy (non-hydrogen) atoms. The monoisotopic (exact) mass is 199 g/mol. The third-order valence-electron chi connectivity index (χ3n) is 2.40. The summed E-state index contributed by atoms with van der Waals surface area (Å²) in [5.74, 6) is -0.889. The second-order valence-electron chi connectivity index (χ2n) is 3.84. The summed E-state index contributed by atoms with van der Waals surface area (Å²) in [4.78, 5) is 12.5. The van der Waals surface area contributed by atoms with E-state index in [1.54, 1.807) is 0 Å². The van der Waals surface area contributed by atoms with Gasteiger partial charge in [-0.15, -0.1) is 0 Å². The molecule has 4 nitrogen and oxygen atoms in total. The molecular formula is C10H17NO3. The van der Waals surface area contributed by atoms with E-state index in [0.717, 1.165) is 31.5 Å². The molecule has 1 fully saturated rings. The Labute approximate surface area is 83.8 Å². The van der Waals surface area contributed by atoms with Crippen molar-refractivity contribution < 1.29 is 15.0 Å². The molecule has 2 N–H and O–H groups in total. The SMILES string of the molecule is CC(=CC(=O)O)CN1CCC(O)CC1. The summed E-state index contributed by atoms with van der Waals surface area (Å²) in [5.41, 5.74) is 0.855. The Hall–Kier alpha value is -0.870. The van der Waals surface area contributed by atoms with E-state index in [4.69, 9.17) is 5.11 Å². The van der Waals surface area contributed by atoms with E-state index in [1.807, 2.05) is 6.92 Å². The van der Waals surface area contributed by atoms with E-state index in [-0.39, 0.29) is 6.10 Å². The van der Waals surface area contributed by atoms with Crippen LogP contribution in [0.3, 0.4) is 0 Å². The van der Waals surface area contributed by atoms with Gasteiger partial charge in [0.15, 0.2) is 0 Å². The Bertz CT molecular complexity index is 230. The highest BCUT2D eigenvalue weighted by Crippen LogP contribution is 2.11. The molecule has 0 bridgehead atoms. The van der Waals surface area contributed by atoms with Crippen LogP contribution < -0.4 is 0 Å². The van der Waals surface area contributed by atoms with Crippen LogP contribution in [0.2, 0.25) is 0 Å². The van der Waals surface area contributed by atoms with Crippen molar-refractivity contribution in [3.05, 3.63) is 11.6 Å². The molecule has 80 valence electrons. The first-order chi connectivity index (χ1) is 6.58. The standard InChI is InChI=1S/C10H17NO3/c1-8(6-10(13)14)7-11-4-2-9(12)3-5-11/h6,9,12H,2-5,7H2,1H3,(H,13,14). The summed E-state index contributed by atoms with van der Waals surface area (Å²) in [5, 5.41) is 17.8. The quantitative estimate of drug-likeness (QED) is 0.649. The average Bonchev–Trinajstić information content (AvgIpc) is 2.07. The summed E-state index contributed by atoms with van der Waals surface area (Å²) >= 11 is 0. The van der Waals surface area contributed by atoms with Gasteiger partial charge in [-0.1, -0.05) is 5.57 Å². The van der Waals surface area contributed by atoms with Crippen LogP contribution in [0.15, 0.2) is 11.6 Å². The fraction of sp³-hybridized carbons (Fsp3) is 0.700. The highest BCUT2D eigenvalue weighted by Gasteiger charge is 2.16. The topological polar surface area (TPSA) is 60.8 Å². The minimum absolute atomic E-state index is 0.171. The lowest BCUT2D eigenvalue weighted by atomic mass is 10.1. The third-order valence-corrected chi connectivity index (χ3v) is 2.40. The fourth-order valence-electron chi connectivity index (χ4n) is 1.69. The molecule has 0 aliphatic carbocycles. The zero-order valence-electron chi connectivity index (χ0n) is 8.44. The summed E-state index contributed by atoms with van der Waals surface area (Å²) in [7, 11) is 0. The molecule has 1 aliphatic heterocycles. The normalized spacial score (nSPS) is 21.1. The van der Waals surface area contributed by atoms with Gasteiger partial charge < -0.3 is 10.2 Å². The molecule has 0 amide bonds. The van der Waals surface area contributed by atoms with Crippen LogP contribution in [0.25, 0.3) is 0 Å². The first-order valence-corrected chi connectivity index (χ1v) is 4.88. The number of nitrogens with zero attached hydrogens (tertiary/aromatic N) is 1. The maximum atomic E-state index is 10.4. The van der Waals surface area contributed by atoms with Gasteiger partial charge in [0.05, 0.1) is 6.10 Å². The van der Waals surface area contributed by atoms with E-state index >= 15 is 0 Å². The Morgan fingerprint density at radius 2 is 2.07 bits per heavy atom. The van der Waals surface area contributed by atoms with Gasteiger partial charge in [0, 0.05) is 25.7 Å². The largest absolute Gasteiger partial charge is 0.478 e. The van der Waals surface area contributed by atoms with Crippen molar-refractivity contribution in [2.45, 2.75) is 25.9 Å². The van der Waals surface area contributed by atoms with Crippen molar-refractivity contribution in [3.63, 3.8) is 0 Å². The van der Waals surface area contributed by atoms with Gasteiger partial charge in [-0.05, 0) is 19.8 Å². The molecule has 0 unspecified atom stereocenters. The Morgan fingerprint density at radius 3 is 2.57 bits per heavy atom. The molecule has 0 aromatic carbocycles. The molecule has 1 saturated heterocycles. The number of aliphatic hydroxyl groups excluding tert-OH is 1. The number of carboxylic acids is 1. The zero-order chi connectivity index (χ0) is 10.6. The van der Waals surface area contributed by atoms with Crippen molar-refractivity contribution in [2.24, 2.45) is 0 Å². The molecule has 0 aromatic heterocycles. The highest BCUT2D eigenvalue weighted by atomic mass is 16.4. The van der Waals surface area contributed by atoms with Crippen LogP contribution in [0, 0.1) is 0 Å². The number of hydrogen-bond donors (Lipinski definition) is 2. The van der Waals surface area contributed by atoms with Gasteiger partial charge in [-0.25, -0.2) is 4.79 Å². The number of rotatable bonds is 3. The van der Waals surface area contributed by atoms with Crippen LogP contribution >= 0.6 is 0 Å². The van der Waals surface area contributed by atoms with Crippen molar-refractivity contribution in [2.75, 3.05) is 19.6 Å². The molecule has 0 atom stereocenters. The van der Waals surface area contributed by atoms with Crippen LogP contribution in [0.4, 0.5) is 0 Å². The Balaban J connectivity index is 2.34. The minimum Gasteiger partial charge on any atom is -0.478 e. The summed E-state index contributed by atoms with van der Waals surface area (Å²) in [6.45, 7) is 4.22. The lowest BCUT2D eigenvalue weighted by Crippen LogP contribution is -2.36. The van der Waals surface area contributed by atoms with Crippen LogP contribution in [-0.4, -0.2) is 46.8 Å². The lowest BCUT2D eigenvalue weighted by Gasteiger charge is -2.29. The Morgan fingerprint density at radius 1 is 1.50 bits per heavy atom. The number of piperidine rings is 1. The highest BCUT2D eigenvalue weighted by molar-refractivity contribution is 5.80. The Kier molecular flexibility index (Phi) is 4.10. The van der Waals surface area contributed by atoms with Gasteiger partial charge in [0.25, 0.3) is 0 Å². The van der Waals surface area contributed by atoms with Crippen molar-refractivity contribution in [1.82, 2.24) is 4.90 Å². The molecule has 1 aliphatic rings. The van der Waals surface area contributed by atoms with Gasteiger partial charge in [0.1, 0.15) is 0 Å². The molecule has 1 heterocycles. The first-order valence-electron chi connectivity index (χ1n) is 4.88. The zero-order valence-corrected chi connectivity index (χ0v) is 8.44. The second-order valence-corrected chi connectivity index (χ2v) is 3.84. The molecular weight excluding hydrogens is 182 g/mol. The van der Waals surface area contributed by atoms with E-state index in [2.05, 4.69) is 4.90 Å². The van der Waals surface area contributed by atoms with Crippen LogP contribution in [0.1, 0.15) is 19.8 Å². The van der Waals surface area contributed by atoms with E-state index < -0.39 is 5.97 Å². The molecule has 0 radical (unpaired) electrons. The van der Waals surface area contributed by atoms with Crippen LogP contribution in [0.5, 0.6) is 0 Å². The predicted molar refractivity (Wildman–Crippen MR) is 53.1 cm³/mol. The maximum absolute atomic E-state index is 10.4. The summed E-state index contributed by atoms with van der Waals surface area (Å²) in [6.07, 6.45) is 2.65. The lowest BCUT2D eigenvalue weighted by molar-refractivity contribution is -0.131.